The molecule has 1 rings (SSSR count). The molecule has 0 saturated heterocycles. The number of hydrogen-bond donors (Lipinski definition) is 2. The molecule has 1 atom stereocenters. The summed E-state index contributed by atoms with van der Waals surface area (Å²) >= 11 is 0. The third kappa shape index (κ3) is 4.55. The lowest BCUT2D eigenvalue weighted by Gasteiger charge is -2.17. The largest absolute Gasteiger partial charge is 0.494 e. The highest BCUT2D eigenvalue weighted by Crippen LogP contribution is 2.23. The summed E-state index contributed by atoms with van der Waals surface area (Å²) in [6.45, 7) is 10.3. The molecule has 3 N–H and O–H groups in total. The highest BCUT2D eigenvalue weighted by atomic mass is 16.5. The Morgan fingerprint density at radius 1 is 1.24 bits per heavy atom. The van der Waals surface area contributed by atoms with Crippen molar-refractivity contribution < 1.29 is 4.74 Å². The van der Waals surface area contributed by atoms with E-state index in [0.29, 0.717) is 18.4 Å². The van der Waals surface area contributed by atoms with Crippen LogP contribution in [0.25, 0.3) is 0 Å². The van der Waals surface area contributed by atoms with Gasteiger partial charge in [0, 0.05) is 30.1 Å². The maximum absolute atomic E-state index is 5.84. The van der Waals surface area contributed by atoms with Gasteiger partial charge >= 0.3 is 0 Å². The fraction of sp³-hybridized carbons (Fsp3) is 0.571. The van der Waals surface area contributed by atoms with Crippen LogP contribution in [-0.4, -0.2) is 13.2 Å². The van der Waals surface area contributed by atoms with E-state index in [-0.39, 0.29) is 0 Å². The van der Waals surface area contributed by atoms with Crippen molar-refractivity contribution in [1.82, 2.24) is 0 Å². The zero-order chi connectivity index (χ0) is 12.8. The van der Waals surface area contributed by atoms with Crippen molar-refractivity contribution in [2.24, 2.45) is 11.8 Å². The van der Waals surface area contributed by atoms with Gasteiger partial charge in [0.1, 0.15) is 5.75 Å². The predicted octanol–water partition coefficient (Wildman–Crippen LogP) is 3.37. The first-order valence-electron chi connectivity index (χ1n) is 6.30. The molecule has 0 amide bonds. The Kier molecular flexibility index (Phi) is 5.13. The van der Waals surface area contributed by atoms with E-state index in [4.69, 9.17) is 10.5 Å². The van der Waals surface area contributed by atoms with Crippen molar-refractivity contribution in [3.05, 3.63) is 18.2 Å². The molecule has 0 fully saturated rings. The van der Waals surface area contributed by atoms with Crippen LogP contribution < -0.4 is 15.8 Å². The van der Waals surface area contributed by atoms with E-state index in [2.05, 4.69) is 26.1 Å². The van der Waals surface area contributed by atoms with E-state index < -0.39 is 0 Å². The van der Waals surface area contributed by atoms with Gasteiger partial charge in [0.05, 0.1) is 6.61 Å². The summed E-state index contributed by atoms with van der Waals surface area (Å²) in [5.41, 5.74) is 7.60. The molecule has 0 aliphatic rings. The van der Waals surface area contributed by atoms with Gasteiger partial charge in [-0.15, -0.1) is 0 Å². The number of nitrogens with one attached hydrogen (secondary N) is 1. The van der Waals surface area contributed by atoms with Crippen molar-refractivity contribution in [2.45, 2.75) is 27.7 Å². The van der Waals surface area contributed by atoms with Gasteiger partial charge in [0.2, 0.25) is 0 Å². The van der Waals surface area contributed by atoms with Gasteiger partial charge in [-0.2, -0.15) is 0 Å². The lowest BCUT2D eigenvalue weighted by atomic mass is 9.98. The Bertz CT molecular complexity index is 350. The second-order valence-electron chi connectivity index (χ2n) is 4.83. The standard InChI is InChI=1S/C14H24N2O/c1-5-17-14-7-12(15)6-13(8-14)16-9-11(4)10(2)3/h6-8,10-11,16H,5,9,15H2,1-4H3. The molecule has 0 aliphatic carbocycles. The average molecular weight is 236 g/mol. The van der Waals surface area contributed by atoms with E-state index in [0.717, 1.165) is 23.7 Å². The van der Waals surface area contributed by atoms with Crippen molar-refractivity contribution in [3.8, 4) is 5.75 Å². The molecule has 17 heavy (non-hydrogen) atoms. The number of hydrogen-bond acceptors (Lipinski definition) is 3. The van der Waals surface area contributed by atoms with Crippen molar-refractivity contribution in [2.75, 3.05) is 24.2 Å². The zero-order valence-corrected chi connectivity index (χ0v) is 11.3. The van der Waals surface area contributed by atoms with Crippen LogP contribution in [0.1, 0.15) is 27.7 Å². The summed E-state index contributed by atoms with van der Waals surface area (Å²) < 4.78 is 5.46. The van der Waals surface area contributed by atoms with Crippen LogP contribution in [0, 0.1) is 11.8 Å². The van der Waals surface area contributed by atoms with Crippen molar-refractivity contribution in [3.63, 3.8) is 0 Å². The molecule has 3 nitrogen and oxygen atoms in total. The number of benzene rings is 1. The average Bonchev–Trinajstić information content (AvgIpc) is 2.25. The van der Waals surface area contributed by atoms with Crippen LogP contribution in [0.3, 0.4) is 0 Å². The van der Waals surface area contributed by atoms with Crippen LogP contribution in [0.5, 0.6) is 5.75 Å². The number of anilines is 2. The topological polar surface area (TPSA) is 47.3 Å². The summed E-state index contributed by atoms with van der Waals surface area (Å²) in [6, 6.07) is 5.78. The molecule has 1 aromatic carbocycles. The summed E-state index contributed by atoms with van der Waals surface area (Å²) in [4.78, 5) is 0. The molecule has 96 valence electrons. The third-order valence-electron chi connectivity index (χ3n) is 3.01. The quantitative estimate of drug-likeness (QED) is 0.744. The summed E-state index contributed by atoms with van der Waals surface area (Å²) in [5, 5.41) is 3.41. The Hall–Kier alpha value is -1.38. The molecule has 0 aromatic heterocycles. The highest BCUT2D eigenvalue weighted by Gasteiger charge is 2.07. The lowest BCUT2D eigenvalue weighted by Crippen LogP contribution is -2.16. The van der Waals surface area contributed by atoms with Crippen LogP contribution in [0.15, 0.2) is 18.2 Å². The molecule has 3 heteroatoms. The molecule has 0 radical (unpaired) electrons. The fourth-order valence-corrected chi connectivity index (χ4v) is 1.49. The molecule has 0 bridgehead atoms. The van der Waals surface area contributed by atoms with E-state index in [1.807, 2.05) is 25.1 Å². The predicted molar refractivity (Wildman–Crippen MR) is 74.5 cm³/mol. The Morgan fingerprint density at radius 3 is 2.53 bits per heavy atom. The number of ether oxygens (including phenoxy) is 1. The molecule has 0 heterocycles. The monoisotopic (exact) mass is 236 g/mol. The lowest BCUT2D eigenvalue weighted by molar-refractivity contribution is 0.340. The van der Waals surface area contributed by atoms with Gasteiger partial charge < -0.3 is 15.8 Å². The SMILES string of the molecule is CCOc1cc(N)cc(NCC(C)C(C)C)c1. The van der Waals surface area contributed by atoms with Crippen molar-refractivity contribution in [1.29, 1.82) is 0 Å². The van der Waals surface area contributed by atoms with Crippen LogP contribution in [0.4, 0.5) is 11.4 Å². The first kappa shape index (κ1) is 13.7. The van der Waals surface area contributed by atoms with Crippen molar-refractivity contribution >= 4 is 11.4 Å². The second-order valence-corrected chi connectivity index (χ2v) is 4.83. The minimum Gasteiger partial charge on any atom is -0.494 e. The minimum atomic E-state index is 0.631. The van der Waals surface area contributed by atoms with E-state index >= 15 is 0 Å². The smallest absolute Gasteiger partial charge is 0.123 e. The van der Waals surface area contributed by atoms with Gasteiger partial charge in [0.15, 0.2) is 0 Å². The van der Waals surface area contributed by atoms with E-state index in [9.17, 15) is 0 Å². The van der Waals surface area contributed by atoms with Crippen LogP contribution in [-0.2, 0) is 0 Å². The number of rotatable bonds is 6. The first-order chi connectivity index (χ1) is 8.02. The summed E-state index contributed by atoms with van der Waals surface area (Å²) in [6.07, 6.45) is 0. The molecule has 0 saturated carbocycles. The molecule has 0 aliphatic heterocycles. The molecule has 0 spiro atoms. The van der Waals surface area contributed by atoms with Crippen LogP contribution >= 0.6 is 0 Å². The molecular formula is C14H24N2O. The van der Waals surface area contributed by atoms with Gasteiger partial charge in [-0.3, -0.25) is 0 Å². The minimum absolute atomic E-state index is 0.631. The summed E-state index contributed by atoms with van der Waals surface area (Å²) in [7, 11) is 0. The molecule has 1 aromatic rings. The first-order valence-corrected chi connectivity index (χ1v) is 6.30. The third-order valence-corrected chi connectivity index (χ3v) is 3.01. The Labute approximate surface area is 104 Å². The maximum atomic E-state index is 5.84. The van der Waals surface area contributed by atoms with E-state index in [1.54, 1.807) is 0 Å². The highest BCUT2D eigenvalue weighted by molar-refractivity contribution is 5.59. The van der Waals surface area contributed by atoms with Gasteiger partial charge in [-0.25, -0.2) is 0 Å². The molecular weight excluding hydrogens is 212 g/mol. The van der Waals surface area contributed by atoms with Crippen LogP contribution in [0.2, 0.25) is 0 Å². The Morgan fingerprint density at radius 2 is 1.94 bits per heavy atom. The number of nitrogens with two attached hydrogens (primary N) is 1. The maximum Gasteiger partial charge on any atom is 0.123 e. The van der Waals surface area contributed by atoms with Gasteiger partial charge in [-0.1, -0.05) is 20.8 Å². The Balaban J connectivity index is 2.64. The second kappa shape index (κ2) is 6.38. The zero-order valence-electron chi connectivity index (χ0n) is 11.3. The van der Waals surface area contributed by atoms with E-state index in [1.165, 1.54) is 0 Å². The number of nitrogen functional groups attached to an aromatic ring is 1. The summed E-state index contributed by atoms with van der Waals surface area (Å²) in [5.74, 6) is 2.13. The van der Waals surface area contributed by atoms with Gasteiger partial charge in [0.25, 0.3) is 0 Å². The van der Waals surface area contributed by atoms with Gasteiger partial charge in [-0.05, 0) is 24.8 Å². The normalized spacial score (nSPS) is 12.5. The molecule has 1 unspecified atom stereocenters. The fourth-order valence-electron chi connectivity index (χ4n) is 1.49.